The SMILES string of the molecule is CC1CCN(C)CC1.CN1CCN(C)CC1.Cc1ccc(C)[nH]1.Cc1ccc(C)o1.Cc1ccc(C)s1. The van der Waals surface area contributed by atoms with Crippen LogP contribution < -0.4 is 0 Å². The maximum Gasteiger partial charge on any atom is 0.101 e. The van der Waals surface area contributed by atoms with E-state index in [1.54, 1.807) is 0 Å². The number of likely N-dealkylation sites (tertiary alicyclic amines) is 1. The summed E-state index contributed by atoms with van der Waals surface area (Å²) in [6.45, 7) is 22.1. The Bertz CT molecular complexity index is 764. The van der Waals surface area contributed by atoms with Crippen molar-refractivity contribution < 1.29 is 4.42 Å². The number of nitrogens with zero attached hydrogens (tertiary/aromatic N) is 3. The van der Waals surface area contributed by atoms with Crippen molar-refractivity contribution in [2.24, 2.45) is 5.92 Å². The van der Waals surface area contributed by atoms with E-state index in [9.17, 15) is 0 Å². The third kappa shape index (κ3) is 17.3. The summed E-state index contributed by atoms with van der Waals surface area (Å²) in [6, 6.07) is 12.3. The number of aryl methyl sites for hydroxylation is 6. The second kappa shape index (κ2) is 18.4. The Hall–Kier alpha value is -1.86. The molecule has 2 aliphatic rings. The predicted molar refractivity (Wildman–Crippen MR) is 163 cm³/mol. The van der Waals surface area contributed by atoms with Crippen LogP contribution in [0.5, 0.6) is 0 Å². The number of likely N-dealkylation sites (N-methyl/N-ethyl adjacent to an activating group) is 2. The van der Waals surface area contributed by atoms with Crippen LogP contribution in [-0.2, 0) is 0 Å². The quantitative estimate of drug-likeness (QED) is 0.336. The highest BCUT2D eigenvalue weighted by Crippen LogP contribution is 2.13. The van der Waals surface area contributed by atoms with Gasteiger partial charge in [-0.2, -0.15) is 0 Å². The van der Waals surface area contributed by atoms with E-state index in [4.69, 9.17) is 4.42 Å². The molecular weight excluding hydrogens is 476 g/mol. The molecular formula is C31H54N4OS. The molecule has 5 nitrogen and oxygen atoms in total. The average molecular weight is 531 g/mol. The number of aromatic amines is 1. The van der Waals surface area contributed by atoms with Gasteiger partial charge in [-0.3, -0.25) is 0 Å². The highest BCUT2D eigenvalue weighted by Gasteiger charge is 2.10. The van der Waals surface area contributed by atoms with Gasteiger partial charge in [-0.25, -0.2) is 0 Å². The fraction of sp³-hybridized carbons (Fsp3) is 0.613. The van der Waals surface area contributed by atoms with Crippen LogP contribution >= 0.6 is 11.3 Å². The van der Waals surface area contributed by atoms with Crippen LogP contribution in [0.15, 0.2) is 40.8 Å². The molecule has 1 N–H and O–H groups in total. The van der Waals surface area contributed by atoms with Crippen LogP contribution in [0.1, 0.15) is 52.4 Å². The lowest BCUT2D eigenvalue weighted by Gasteiger charge is -2.28. The first-order chi connectivity index (χ1) is 17.4. The molecule has 0 atom stereocenters. The van der Waals surface area contributed by atoms with Gasteiger partial charge in [-0.1, -0.05) is 6.92 Å². The van der Waals surface area contributed by atoms with Gasteiger partial charge in [0.25, 0.3) is 0 Å². The third-order valence-electron chi connectivity index (χ3n) is 6.46. The monoisotopic (exact) mass is 530 g/mol. The summed E-state index contributed by atoms with van der Waals surface area (Å²) in [7, 11) is 6.55. The highest BCUT2D eigenvalue weighted by atomic mass is 32.1. The molecule has 2 fully saturated rings. The Morgan fingerprint density at radius 1 is 0.622 bits per heavy atom. The fourth-order valence-electron chi connectivity index (χ4n) is 3.80. The van der Waals surface area contributed by atoms with Gasteiger partial charge in [0.15, 0.2) is 0 Å². The molecule has 3 aromatic rings. The minimum Gasteiger partial charge on any atom is -0.467 e. The first kappa shape index (κ1) is 33.2. The van der Waals surface area contributed by atoms with Crippen LogP contribution in [0, 0.1) is 47.5 Å². The maximum atomic E-state index is 5.08. The minimum atomic E-state index is 0.978. The number of rotatable bonds is 0. The van der Waals surface area contributed by atoms with Crippen molar-refractivity contribution in [3.05, 3.63) is 69.1 Å². The lowest BCUT2D eigenvalue weighted by molar-refractivity contribution is 0.181. The Balaban J connectivity index is 0.000000232. The molecule has 5 rings (SSSR count). The third-order valence-corrected chi connectivity index (χ3v) is 7.38. The van der Waals surface area contributed by atoms with Crippen molar-refractivity contribution in [1.82, 2.24) is 19.7 Å². The van der Waals surface area contributed by atoms with Gasteiger partial charge < -0.3 is 24.1 Å². The lowest BCUT2D eigenvalue weighted by Crippen LogP contribution is -2.42. The van der Waals surface area contributed by atoms with Crippen LogP contribution in [0.25, 0.3) is 0 Å². The van der Waals surface area contributed by atoms with Crippen molar-refractivity contribution in [3.8, 4) is 0 Å². The molecule has 0 radical (unpaired) electrons. The highest BCUT2D eigenvalue weighted by molar-refractivity contribution is 7.11. The first-order valence-electron chi connectivity index (χ1n) is 13.7. The van der Waals surface area contributed by atoms with Crippen molar-refractivity contribution in [2.45, 2.75) is 61.3 Å². The zero-order valence-electron chi connectivity index (χ0n) is 25.4. The van der Waals surface area contributed by atoms with Gasteiger partial charge in [0, 0.05) is 47.3 Å². The summed E-state index contributed by atoms with van der Waals surface area (Å²) in [5.41, 5.74) is 2.47. The first-order valence-corrected chi connectivity index (χ1v) is 14.5. The molecule has 37 heavy (non-hydrogen) atoms. The summed E-state index contributed by atoms with van der Waals surface area (Å²) in [6.07, 6.45) is 2.80. The number of hydrogen-bond donors (Lipinski definition) is 1. The summed E-state index contributed by atoms with van der Waals surface area (Å²) in [4.78, 5) is 13.1. The van der Waals surface area contributed by atoms with Crippen LogP contribution in [0.2, 0.25) is 0 Å². The summed E-state index contributed by atoms with van der Waals surface area (Å²) >= 11 is 1.84. The second-order valence-corrected chi connectivity index (χ2v) is 12.2. The summed E-state index contributed by atoms with van der Waals surface area (Å²) in [5.74, 6) is 2.95. The predicted octanol–water partition coefficient (Wildman–Crippen LogP) is 7.10. The molecule has 6 heteroatoms. The van der Waals surface area contributed by atoms with Gasteiger partial charge in [0.2, 0.25) is 0 Å². The number of H-pyrrole nitrogens is 1. The van der Waals surface area contributed by atoms with Gasteiger partial charge in [-0.15, -0.1) is 11.3 Å². The number of hydrogen-bond acceptors (Lipinski definition) is 5. The van der Waals surface area contributed by atoms with Crippen molar-refractivity contribution in [1.29, 1.82) is 0 Å². The van der Waals surface area contributed by atoms with Gasteiger partial charge in [-0.05, 0) is 131 Å². The van der Waals surface area contributed by atoms with E-state index in [0.29, 0.717) is 0 Å². The van der Waals surface area contributed by atoms with Crippen LogP contribution in [0.4, 0.5) is 0 Å². The number of piperidine rings is 1. The average Bonchev–Trinajstić information content (AvgIpc) is 3.54. The molecule has 0 amide bonds. The molecule has 5 heterocycles. The minimum absolute atomic E-state index is 0.978. The lowest BCUT2D eigenvalue weighted by atomic mass is 10.00. The molecule has 0 spiro atoms. The normalized spacial score (nSPS) is 16.7. The Morgan fingerprint density at radius 2 is 1.00 bits per heavy atom. The van der Waals surface area contributed by atoms with E-state index in [1.165, 1.54) is 73.3 Å². The molecule has 3 aromatic heterocycles. The molecule has 0 aliphatic carbocycles. The Labute approximate surface area is 231 Å². The van der Waals surface area contributed by atoms with E-state index in [-0.39, 0.29) is 0 Å². The number of piperazine rings is 1. The zero-order valence-corrected chi connectivity index (χ0v) is 26.2. The van der Waals surface area contributed by atoms with Crippen molar-refractivity contribution in [3.63, 3.8) is 0 Å². The van der Waals surface area contributed by atoms with Gasteiger partial charge >= 0.3 is 0 Å². The summed E-state index contributed by atoms with van der Waals surface area (Å²) in [5, 5.41) is 0. The fourth-order valence-corrected chi connectivity index (χ4v) is 4.58. The second-order valence-electron chi connectivity index (χ2n) is 10.7. The van der Waals surface area contributed by atoms with E-state index in [1.807, 2.05) is 51.2 Å². The largest absolute Gasteiger partial charge is 0.467 e. The molecule has 2 aliphatic heterocycles. The Morgan fingerprint density at radius 3 is 1.22 bits per heavy atom. The maximum absolute atomic E-state index is 5.08. The summed E-state index contributed by atoms with van der Waals surface area (Å²) < 4.78 is 5.08. The number of nitrogens with one attached hydrogen (secondary N) is 1. The van der Waals surface area contributed by atoms with Gasteiger partial charge in [0.05, 0.1) is 0 Å². The zero-order chi connectivity index (χ0) is 27.8. The van der Waals surface area contributed by atoms with E-state index in [0.717, 1.165) is 17.4 Å². The van der Waals surface area contributed by atoms with Crippen molar-refractivity contribution in [2.75, 3.05) is 60.4 Å². The van der Waals surface area contributed by atoms with E-state index >= 15 is 0 Å². The standard InChI is InChI=1S/C7H15N.C6H14N2.C6H9N.C6H8O.C6H8S/c2*1-7-3-5-8(2)6-4-7;3*1-5-3-4-6(2)7-5/h7H,3-6H2,1-2H3;3-6H2,1-2H3;3-4,7H,1-2H3;2*3-4H,1-2H3. The molecule has 0 unspecified atom stereocenters. The molecule has 0 bridgehead atoms. The smallest absolute Gasteiger partial charge is 0.101 e. The van der Waals surface area contributed by atoms with Crippen molar-refractivity contribution >= 4 is 11.3 Å². The Kier molecular flexibility index (Phi) is 16.5. The molecule has 210 valence electrons. The topological polar surface area (TPSA) is 38.6 Å². The molecule has 0 saturated carbocycles. The van der Waals surface area contributed by atoms with Crippen LogP contribution in [0.3, 0.4) is 0 Å². The molecule has 0 aromatic carbocycles. The van der Waals surface area contributed by atoms with Crippen LogP contribution in [-0.4, -0.2) is 80.1 Å². The number of furan rings is 1. The number of thiophene rings is 1. The number of aromatic nitrogens is 1. The molecule has 2 saturated heterocycles. The van der Waals surface area contributed by atoms with E-state index in [2.05, 4.69) is 85.9 Å². The van der Waals surface area contributed by atoms with E-state index < -0.39 is 0 Å². The van der Waals surface area contributed by atoms with Gasteiger partial charge in [0.1, 0.15) is 11.5 Å².